The van der Waals surface area contributed by atoms with Gasteiger partial charge in [0.25, 0.3) is 0 Å². The summed E-state index contributed by atoms with van der Waals surface area (Å²) in [6.45, 7) is 0. The average molecular weight is 457 g/mol. The van der Waals surface area contributed by atoms with E-state index in [2.05, 4.69) is 26.1 Å². The van der Waals surface area contributed by atoms with Crippen LogP contribution in [0.1, 0.15) is 15.2 Å². The van der Waals surface area contributed by atoms with Crippen LogP contribution < -0.4 is 0 Å². The Kier molecular flexibility index (Phi) is 4.92. The Labute approximate surface area is 155 Å². The molecule has 0 N–H and O–H groups in total. The summed E-state index contributed by atoms with van der Waals surface area (Å²) in [4.78, 5) is 12.6. The summed E-state index contributed by atoms with van der Waals surface area (Å²) in [5.41, 5.74) is -0.798. The van der Waals surface area contributed by atoms with E-state index in [1.54, 1.807) is 12.1 Å². The van der Waals surface area contributed by atoms with Crippen molar-refractivity contribution in [3.05, 3.63) is 43.6 Å². The third-order valence-electron chi connectivity index (χ3n) is 2.94. The molecule has 3 heterocycles. The highest BCUT2D eigenvalue weighted by molar-refractivity contribution is 9.11. The molecule has 0 fully saturated rings. The molecule has 0 spiro atoms. The van der Waals surface area contributed by atoms with Crippen molar-refractivity contribution in [1.82, 2.24) is 14.6 Å². The Balaban J connectivity index is 1.87. The Bertz CT molecular complexity index is 925. The molecule has 0 aliphatic heterocycles. The zero-order chi connectivity index (χ0) is 17.5. The Hall–Kier alpha value is -1.10. The van der Waals surface area contributed by atoms with E-state index in [1.807, 2.05) is 0 Å². The zero-order valence-electron chi connectivity index (χ0n) is 11.5. The number of nitrogens with zero attached hydrogens (tertiary/aromatic N) is 3. The van der Waals surface area contributed by atoms with Crippen molar-refractivity contribution in [2.75, 3.05) is 5.75 Å². The van der Waals surface area contributed by atoms with Gasteiger partial charge in [-0.2, -0.15) is 13.2 Å². The van der Waals surface area contributed by atoms with Crippen LogP contribution in [-0.4, -0.2) is 26.1 Å². The molecule has 0 atom stereocenters. The number of carbonyl (C=O) groups excluding carboxylic acids is 1. The standard InChI is InChI=1S/C13H6BrClF3N3OS2/c14-10-2-1-9(24-10)8(22)5-23-12-20-19-11-7(15)3-6(4-21(11)12)13(16,17)18/h1-4H,5H2. The molecule has 11 heteroatoms. The fourth-order valence-electron chi connectivity index (χ4n) is 1.85. The van der Waals surface area contributed by atoms with E-state index in [9.17, 15) is 18.0 Å². The van der Waals surface area contributed by atoms with Crippen LogP contribution in [0.25, 0.3) is 5.65 Å². The number of hydrogen-bond donors (Lipinski definition) is 0. The molecule has 0 amide bonds. The number of thioether (sulfide) groups is 1. The lowest BCUT2D eigenvalue weighted by Gasteiger charge is -2.08. The van der Waals surface area contributed by atoms with Crippen molar-refractivity contribution in [3.8, 4) is 0 Å². The average Bonchev–Trinajstić information content (AvgIpc) is 3.10. The first-order valence-corrected chi connectivity index (χ1v) is 9.26. The van der Waals surface area contributed by atoms with Gasteiger partial charge in [0, 0.05) is 6.20 Å². The first-order chi connectivity index (χ1) is 11.3. The van der Waals surface area contributed by atoms with E-state index in [0.717, 1.165) is 32.2 Å². The van der Waals surface area contributed by atoms with E-state index in [4.69, 9.17) is 11.6 Å². The number of Topliss-reactive ketones (excluding diaryl/α,β-unsaturated/α-hetero) is 1. The second-order valence-electron chi connectivity index (χ2n) is 4.57. The molecule has 3 rings (SSSR count). The van der Waals surface area contributed by atoms with Gasteiger partial charge in [0.2, 0.25) is 0 Å². The second-order valence-corrected chi connectivity index (χ2v) is 8.38. The largest absolute Gasteiger partial charge is 0.417 e. The number of alkyl halides is 3. The zero-order valence-corrected chi connectivity index (χ0v) is 15.4. The predicted octanol–water partition coefficient (Wildman–Crippen LogP) is 5.20. The van der Waals surface area contributed by atoms with E-state index >= 15 is 0 Å². The van der Waals surface area contributed by atoms with Crippen molar-refractivity contribution in [3.63, 3.8) is 0 Å². The molecule has 4 nitrogen and oxygen atoms in total. The van der Waals surface area contributed by atoms with Crippen molar-refractivity contribution < 1.29 is 18.0 Å². The Morgan fingerprint density at radius 3 is 2.75 bits per heavy atom. The molecule has 0 aliphatic carbocycles. The number of aromatic nitrogens is 3. The molecule has 24 heavy (non-hydrogen) atoms. The maximum absolute atomic E-state index is 12.9. The van der Waals surface area contributed by atoms with Gasteiger partial charge < -0.3 is 0 Å². The quantitative estimate of drug-likeness (QED) is 0.400. The predicted molar refractivity (Wildman–Crippen MR) is 90.1 cm³/mol. The lowest BCUT2D eigenvalue weighted by atomic mass is 10.3. The van der Waals surface area contributed by atoms with Gasteiger partial charge in [-0.3, -0.25) is 9.20 Å². The summed E-state index contributed by atoms with van der Waals surface area (Å²) in [5.74, 6) is -0.118. The second kappa shape index (κ2) is 6.66. The molecule has 0 unspecified atom stereocenters. The normalized spacial score (nSPS) is 12.0. The van der Waals surface area contributed by atoms with Gasteiger partial charge >= 0.3 is 6.18 Å². The van der Waals surface area contributed by atoms with Crippen LogP contribution in [0.15, 0.2) is 33.3 Å². The third-order valence-corrected chi connectivity index (χ3v) is 5.82. The van der Waals surface area contributed by atoms with Crippen LogP contribution in [-0.2, 0) is 6.18 Å². The van der Waals surface area contributed by atoms with Crippen molar-refractivity contribution in [2.45, 2.75) is 11.3 Å². The maximum Gasteiger partial charge on any atom is 0.417 e. The topological polar surface area (TPSA) is 47.3 Å². The van der Waals surface area contributed by atoms with Crippen LogP contribution >= 0.6 is 50.6 Å². The van der Waals surface area contributed by atoms with E-state index in [-0.39, 0.29) is 27.4 Å². The monoisotopic (exact) mass is 455 g/mol. The first kappa shape index (κ1) is 17.7. The minimum absolute atomic E-state index is 0.0294. The molecule has 0 radical (unpaired) electrons. The lowest BCUT2D eigenvalue weighted by molar-refractivity contribution is -0.137. The fraction of sp³-hybridized carbons (Fsp3) is 0.154. The number of halogens is 5. The number of pyridine rings is 1. The smallest absolute Gasteiger partial charge is 0.292 e. The maximum atomic E-state index is 12.9. The molecule has 3 aromatic heterocycles. The minimum atomic E-state index is -4.54. The Morgan fingerprint density at radius 1 is 1.38 bits per heavy atom. The summed E-state index contributed by atoms with van der Waals surface area (Å²) >= 11 is 11.4. The molecule has 126 valence electrons. The highest BCUT2D eigenvalue weighted by Crippen LogP contribution is 2.33. The van der Waals surface area contributed by atoms with Gasteiger partial charge in [0.05, 0.1) is 25.0 Å². The van der Waals surface area contributed by atoms with Gasteiger partial charge in [0.1, 0.15) is 0 Å². The van der Waals surface area contributed by atoms with Crippen molar-refractivity contribution in [2.24, 2.45) is 0 Å². The number of carbonyl (C=O) groups is 1. The van der Waals surface area contributed by atoms with Crippen LogP contribution in [0.3, 0.4) is 0 Å². The number of ketones is 1. The number of thiophene rings is 1. The number of rotatable bonds is 4. The van der Waals surface area contributed by atoms with Gasteiger partial charge in [-0.1, -0.05) is 23.4 Å². The van der Waals surface area contributed by atoms with Crippen molar-refractivity contribution in [1.29, 1.82) is 0 Å². The SMILES string of the molecule is O=C(CSc1nnc2c(Cl)cc(C(F)(F)F)cn12)c1ccc(Br)s1. The van der Waals surface area contributed by atoms with Crippen LogP contribution in [0.4, 0.5) is 13.2 Å². The third kappa shape index (κ3) is 3.61. The van der Waals surface area contributed by atoms with Crippen LogP contribution in [0.2, 0.25) is 5.02 Å². The fourth-order valence-corrected chi connectivity index (χ4v) is 4.31. The molecule has 0 aromatic carbocycles. The van der Waals surface area contributed by atoms with E-state index in [1.165, 1.54) is 11.3 Å². The molecular weight excluding hydrogens is 451 g/mol. The van der Waals surface area contributed by atoms with Crippen LogP contribution in [0.5, 0.6) is 0 Å². The van der Waals surface area contributed by atoms with Gasteiger partial charge in [-0.25, -0.2) is 0 Å². The summed E-state index contributed by atoms with van der Waals surface area (Å²) in [6.07, 6.45) is -3.67. The minimum Gasteiger partial charge on any atom is -0.292 e. The summed E-state index contributed by atoms with van der Waals surface area (Å²) < 4.78 is 40.7. The van der Waals surface area contributed by atoms with Gasteiger partial charge in [-0.05, 0) is 34.1 Å². The number of fused-ring (bicyclic) bond motifs is 1. The lowest BCUT2D eigenvalue weighted by Crippen LogP contribution is -2.07. The van der Waals surface area contributed by atoms with Gasteiger partial charge in [-0.15, -0.1) is 21.5 Å². The summed E-state index contributed by atoms with van der Waals surface area (Å²) in [5, 5.41) is 7.60. The van der Waals surface area contributed by atoms with Gasteiger partial charge in [0.15, 0.2) is 16.6 Å². The van der Waals surface area contributed by atoms with Crippen LogP contribution in [0, 0.1) is 0 Å². The molecule has 0 saturated carbocycles. The number of hydrogen-bond acceptors (Lipinski definition) is 5. The molecule has 0 aliphatic rings. The highest BCUT2D eigenvalue weighted by atomic mass is 79.9. The molecule has 0 saturated heterocycles. The Morgan fingerprint density at radius 2 is 2.12 bits per heavy atom. The molecule has 0 bridgehead atoms. The molecular formula is C13H6BrClF3N3OS2. The van der Waals surface area contributed by atoms with Crippen molar-refractivity contribution >= 4 is 62.1 Å². The first-order valence-electron chi connectivity index (χ1n) is 6.28. The van der Waals surface area contributed by atoms with E-state index < -0.39 is 11.7 Å². The summed E-state index contributed by atoms with van der Waals surface area (Å²) in [6, 6.07) is 4.23. The summed E-state index contributed by atoms with van der Waals surface area (Å²) in [7, 11) is 0. The van der Waals surface area contributed by atoms with E-state index in [0.29, 0.717) is 4.88 Å². The highest BCUT2D eigenvalue weighted by Gasteiger charge is 2.32. The molecule has 3 aromatic rings.